The molecule has 0 aliphatic carbocycles. The number of amides is 1. The van der Waals surface area contributed by atoms with Crippen molar-refractivity contribution in [1.82, 2.24) is 5.32 Å². The molecule has 0 saturated heterocycles. The average molecular weight is 275 g/mol. The third-order valence-electron chi connectivity index (χ3n) is 3.32. The first-order valence-electron chi connectivity index (χ1n) is 7.56. The lowest BCUT2D eigenvalue weighted by atomic mass is 10.1. The molecule has 1 aromatic rings. The summed E-state index contributed by atoms with van der Waals surface area (Å²) in [5, 5.41) is 2.91. The van der Waals surface area contributed by atoms with E-state index in [-0.39, 0.29) is 11.7 Å². The zero-order valence-corrected chi connectivity index (χ0v) is 12.6. The number of rotatable bonds is 9. The third-order valence-corrected chi connectivity index (χ3v) is 3.32. The van der Waals surface area contributed by atoms with E-state index in [1.165, 1.54) is 12.8 Å². The number of unbranched alkanes of at least 4 members (excludes halogenated alkanes) is 3. The normalized spacial score (nSPS) is 10.3. The minimum absolute atomic E-state index is 0.0910. The predicted octanol–water partition coefficient (Wildman–Crippen LogP) is 3.87. The van der Waals surface area contributed by atoms with Gasteiger partial charge in [0.1, 0.15) is 0 Å². The van der Waals surface area contributed by atoms with E-state index in [1.54, 1.807) is 0 Å². The Morgan fingerprint density at radius 1 is 1.10 bits per heavy atom. The highest BCUT2D eigenvalue weighted by Crippen LogP contribution is 2.08. The van der Waals surface area contributed by atoms with Crippen LogP contribution in [0.5, 0.6) is 0 Å². The molecular weight excluding hydrogens is 250 g/mol. The SMILES string of the molecule is CCCCCCC(=O)NCc1cccc(C(=O)CC)c1. The van der Waals surface area contributed by atoms with Crippen molar-refractivity contribution in [3.63, 3.8) is 0 Å². The Bertz CT molecular complexity index is 440. The summed E-state index contributed by atoms with van der Waals surface area (Å²) in [7, 11) is 0. The molecule has 0 unspecified atom stereocenters. The number of carbonyl (C=O) groups excluding carboxylic acids is 2. The van der Waals surface area contributed by atoms with E-state index < -0.39 is 0 Å². The molecule has 1 aromatic carbocycles. The van der Waals surface area contributed by atoms with Gasteiger partial charge in [-0.2, -0.15) is 0 Å². The summed E-state index contributed by atoms with van der Waals surface area (Å²) < 4.78 is 0. The zero-order chi connectivity index (χ0) is 14.8. The molecule has 20 heavy (non-hydrogen) atoms. The molecule has 110 valence electrons. The molecule has 0 bridgehead atoms. The average Bonchev–Trinajstić information content (AvgIpc) is 2.49. The molecule has 0 radical (unpaired) electrons. The Balaban J connectivity index is 2.37. The molecule has 1 N–H and O–H groups in total. The van der Waals surface area contributed by atoms with Gasteiger partial charge in [0.25, 0.3) is 0 Å². The zero-order valence-electron chi connectivity index (χ0n) is 12.6. The number of hydrogen-bond acceptors (Lipinski definition) is 2. The van der Waals surface area contributed by atoms with Crippen LogP contribution in [-0.2, 0) is 11.3 Å². The highest BCUT2D eigenvalue weighted by atomic mass is 16.1. The third kappa shape index (κ3) is 6.00. The maximum atomic E-state index is 11.7. The highest BCUT2D eigenvalue weighted by molar-refractivity contribution is 5.95. The molecule has 0 aliphatic heterocycles. The summed E-state index contributed by atoms with van der Waals surface area (Å²) in [5.41, 5.74) is 1.70. The van der Waals surface area contributed by atoms with Gasteiger partial charge in [-0.3, -0.25) is 9.59 Å². The Morgan fingerprint density at radius 2 is 1.90 bits per heavy atom. The summed E-state index contributed by atoms with van der Waals surface area (Å²) in [6.07, 6.45) is 5.54. The molecule has 3 nitrogen and oxygen atoms in total. The lowest BCUT2D eigenvalue weighted by Crippen LogP contribution is -2.22. The van der Waals surface area contributed by atoms with Gasteiger partial charge in [0.2, 0.25) is 5.91 Å². The van der Waals surface area contributed by atoms with E-state index in [0.29, 0.717) is 19.4 Å². The van der Waals surface area contributed by atoms with Crippen molar-refractivity contribution in [1.29, 1.82) is 0 Å². The number of hydrogen-bond donors (Lipinski definition) is 1. The second kappa shape index (κ2) is 9.29. The van der Waals surface area contributed by atoms with E-state index in [4.69, 9.17) is 0 Å². The first-order valence-corrected chi connectivity index (χ1v) is 7.56. The van der Waals surface area contributed by atoms with Crippen LogP contribution in [0, 0.1) is 0 Å². The number of ketones is 1. The van der Waals surface area contributed by atoms with Gasteiger partial charge in [-0.15, -0.1) is 0 Å². The summed E-state index contributed by atoms with van der Waals surface area (Å²) >= 11 is 0. The summed E-state index contributed by atoms with van der Waals surface area (Å²) in [6, 6.07) is 7.49. The standard InChI is InChI=1S/C17H25NO2/c1-3-5-6-7-11-17(20)18-13-14-9-8-10-15(12-14)16(19)4-2/h8-10,12H,3-7,11,13H2,1-2H3,(H,18,20). The van der Waals surface area contributed by atoms with Crippen LogP contribution in [0.3, 0.4) is 0 Å². The Kier molecular flexibility index (Phi) is 7.63. The van der Waals surface area contributed by atoms with Crippen LogP contribution in [-0.4, -0.2) is 11.7 Å². The summed E-state index contributed by atoms with van der Waals surface area (Å²) in [6.45, 7) is 4.51. The molecule has 3 heteroatoms. The van der Waals surface area contributed by atoms with E-state index in [9.17, 15) is 9.59 Å². The minimum atomic E-state index is 0.0910. The quantitative estimate of drug-likeness (QED) is 0.549. The van der Waals surface area contributed by atoms with E-state index in [1.807, 2.05) is 31.2 Å². The van der Waals surface area contributed by atoms with Crippen molar-refractivity contribution in [3.8, 4) is 0 Å². The van der Waals surface area contributed by atoms with Crippen LogP contribution >= 0.6 is 0 Å². The van der Waals surface area contributed by atoms with Crippen LogP contribution < -0.4 is 5.32 Å². The molecular formula is C17H25NO2. The number of nitrogens with one attached hydrogen (secondary N) is 1. The van der Waals surface area contributed by atoms with Gasteiger partial charge in [0, 0.05) is 24.9 Å². The number of benzene rings is 1. The monoisotopic (exact) mass is 275 g/mol. The Labute approximate surface area is 121 Å². The molecule has 1 rings (SSSR count). The first-order chi connectivity index (χ1) is 9.67. The maximum Gasteiger partial charge on any atom is 0.220 e. The van der Waals surface area contributed by atoms with E-state index in [2.05, 4.69) is 12.2 Å². The second-order valence-corrected chi connectivity index (χ2v) is 5.06. The molecule has 0 fully saturated rings. The molecule has 0 atom stereocenters. The molecule has 0 spiro atoms. The van der Waals surface area contributed by atoms with Crippen molar-refractivity contribution in [2.45, 2.75) is 58.9 Å². The lowest BCUT2D eigenvalue weighted by Gasteiger charge is -2.07. The van der Waals surface area contributed by atoms with Crippen molar-refractivity contribution in [2.24, 2.45) is 0 Å². The Morgan fingerprint density at radius 3 is 2.60 bits per heavy atom. The highest BCUT2D eigenvalue weighted by Gasteiger charge is 2.05. The number of Topliss-reactive ketones (excluding diaryl/α,β-unsaturated/α-hetero) is 1. The maximum absolute atomic E-state index is 11.7. The lowest BCUT2D eigenvalue weighted by molar-refractivity contribution is -0.121. The van der Waals surface area contributed by atoms with Crippen molar-refractivity contribution in [3.05, 3.63) is 35.4 Å². The first kappa shape index (κ1) is 16.4. The van der Waals surface area contributed by atoms with Gasteiger partial charge in [-0.05, 0) is 18.1 Å². The fourth-order valence-corrected chi connectivity index (χ4v) is 2.06. The van der Waals surface area contributed by atoms with E-state index in [0.717, 1.165) is 24.0 Å². The van der Waals surface area contributed by atoms with Crippen LogP contribution in [0.1, 0.15) is 68.3 Å². The molecule has 0 aliphatic rings. The van der Waals surface area contributed by atoms with Gasteiger partial charge in [-0.1, -0.05) is 51.3 Å². The fraction of sp³-hybridized carbons (Fsp3) is 0.529. The van der Waals surface area contributed by atoms with Gasteiger partial charge >= 0.3 is 0 Å². The second-order valence-electron chi connectivity index (χ2n) is 5.06. The summed E-state index contributed by atoms with van der Waals surface area (Å²) in [4.78, 5) is 23.3. The van der Waals surface area contributed by atoms with Crippen LogP contribution in [0.4, 0.5) is 0 Å². The minimum Gasteiger partial charge on any atom is -0.352 e. The van der Waals surface area contributed by atoms with Gasteiger partial charge < -0.3 is 5.32 Å². The molecule has 0 aromatic heterocycles. The topological polar surface area (TPSA) is 46.2 Å². The molecule has 1 amide bonds. The van der Waals surface area contributed by atoms with Crippen molar-refractivity contribution < 1.29 is 9.59 Å². The van der Waals surface area contributed by atoms with E-state index >= 15 is 0 Å². The smallest absolute Gasteiger partial charge is 0.220 e. The predicted molar refractivity (Wildman–Crippen MR) is 81.7 cm³/mol. The number of carbonyl (C=O) groups is 2. The van der Waals surface area contributed by atoms with Crippen LogP contribution in [0.2, 0.25) is 0 Å². The van der Waals surface area contributed by atoms with Gasteiger partial charge in [0.05, 0.1) is 0 Å². The summed E-state index contributed by atoms with van der Waals surface area (Å²) in [5.74, 6) is 0.228. The fourth-order valence-electron chi connectivity index (χ4n) is 2.06. The largest absolute Gasteiger partial charge is 0.352 e. The Hall–Kier alpha value is -1.64. The van der Waals surface area contributed by atoms with Gasteiger partial charge in [-0.25, -0.2) is 0 Å². The van der Waals surface area contributed by atoms with Crippen LogP contribution in [0.25, 0.3) is 0 Å². The molecule has 0 heterocycles. The van der Waals surface area contributed by atoms with Gasteiger partial charge in [0.15, 0.2) is 5.78 Å². The van der Waals surface area contributed by atoms with Crippen LogP contribution in [0.15, 0.2) is 24.3 Å². The molecule has 0 saturated carbocycles. The van der Waals surface area contributed by atoms with Crippen molar-refractivity contribution >= 4 is 11.7 Å². The van der Waals surface area contributed by atoms with Crippen molar-refractivity contribution in [2.75, 3.05) is 0 Å².